The predicted octanol–water partition coefficient (Wildman–Crippen LogP) is 2.41. The molecule has 0 saturated carbocycles. The zero-order chi connectivity index (χ0) is 14.5. The van der Waals surface area contributed by atoms with Crippen LogP contribution in [-0.2, 0) is 16.0 Å². The van der Waals surface area contributed by atoms with Crippen molar-refractivity contribution in [1.82, 2.24) is 0 Å². The van der Waals surface area contributed by atoms with E-state index in [1.807, 2.05) is 0 Å². The molecular weight excluding hydrogens is 254 g/mol. The number of anilines is 1. The summed E-state index contributed by atoms with van der Waals surface area (Å²) in [5, 5.41) is 0. The average molecular weight is 269 g/mol. The van der Waals surface area contributed by atoms with Gasteiger partial charge in [0.15, 0.2) is 0 Å². The van der Waals surface area contributed by atoms with E-state index in [1.165, 1.54) is 12.2 Å². The molecule has 20 heavy (non-hydrogen) atoms. The molecule has 4 heteroatoms. The number of carbonyl (C=O) groups is 2. The molecule has 0 N–H and O–H groups in total. The van der Waals surface area contributed by atoms with Gasteiger partial charge in [-0.2, -0.15) is 0 Å². The van der Waals surface area contributed by atoms with Crippen molar-refractivity contribution < 1.29 is 14.3 Å². The van der Waals surface area contributed by atoms with Crippen molar-refractivity contribution in [2.75, 3.05) is 11.5 Å². The second-order valence-corrected chi connectivity index (χ2v) is 4.23. The van der Waals surface area contributed by atoms with Gasteiger partial charge in [0, 0.05) is 12.2 Å². The predicted molar refractivity (Wildman–Crippen MR) is 77.7 cm³/mol. The van der Waals surface area contributed by atoms with Gasteiger partial charge in [-0.3, -0.25) is 9.59 Å². The van der Waals surface area contributed by atoms with Crippen molar-refractivity contribution in [3.8, 4) is 5.75 Å². The van der Waals surface area contributed by atoms with Gasteiger partial charge < -0.3 is 4.74 Å². The molecular formula is C16H15NO3. The van der Waals surface area contributed by atoms with Crippen molar-refractivity contribution in [2.24, 2.45) is 0 Å². The second kappa shape index (κ2) is 6.02. The maximum absolute atomic E-state index is 11.7. The summed E-state index contributed by atoms with van der Waals surface area (Å²) >= 11 is 0. The van der Waals surface area contributed by atoms with Crippen molar-refractivity contribution in [1.29, 1.82) is 0 Å². The van der Waals surface area contributed by atoms with E-state index in [4.69, 9.17) is 4.74 Å². The lowest BCUT2D eigenvalue weighted by Crippen LogP contribution is -2.29. The summed E-state index contributed by atoms with van der Waals surface area (Å²) in [7, 11) is 0. The number of nitrogens with zero attached hydrogens (tertiary/aromatic N) is 1. The van der Waals surface area contributed by atoms with Gasteiger partial charge in [-0.05, 0) is 30.2 Å². The number of imide groups is 1. The third kappa shape index (κ3) is 2.69. The molecule has 102 valence electrons. The second-order valence-electron chi connectivity index (χ2n) is 4.23. The Labute approximate surface area is 117 Å². The van der Waals surface area contributed by atoms with E-state index in [-0.39, 0.29) is 11.8 Å². The lowest BCUT2D eigenvalue weighted by molar-refractivity contribution is -0.119. The van der Waals surface area contributed by atoms with E-state index >= 15 is 0 Å². The molecule has 1 heterocycles. The van der Waals surface area contributed by atoms with Gasteiger partial charge in [0.2, 0.25) is 0 Å². The largest absolute Gasteiger partial charge is 0.489 e. The Balaban J connectivity index is 2.34. The van der Waals surface area contributed by atoms with Gasteiger partial charge >= 0.3 is 0 Å². The highest BCUT2D eigenvalue weighted by Gasteiger charge is 2.25. The minimum atomic E-state index is -0.334. The van der Waals surface area contributed by atoms with Crippen LogP contribution in [0.3, 0.4) is 0 Å². The number of allylic oxidation sites excluding steroid dienone is 1. The topological polar surface area (TPSA) is 46.6 Å². The van der Waals surface area contributed by atoms with Crippen LogP contribution in [0.2, 0.25) is 0 Å². The summed E-state index contributed by atoms with van der Waals surface area (Å²) in [6, 6.07) is 5.20. The zero-order valence-electron chi connectivity index (χ0n) is 11.0. The Morgan fingerprint density at radius 2 is 1.80 bits per heavy atom. The van der Waals surface area contributed by atoms with Gasteiger partial charge in [0.25, 0.3) is 11.8 Å². The summed E-state index contributed by atoms with van der Waals surface area (Å²) in [6.07, 6.45) is 6.51. The molecule has 0 saturated heterocycles. The smallest absolute Gasteiger partial charge is 0.258 e. The van der Waals surface area contributed by atoms with Crippen LogP contribution < -0.4 is 9.64 Å². The van der Waals surface area contributed by atoms with Gasteiger partial charge in [-0.1, -0.05) is 18.7 Å². The Kier molecular flexibility index (Phi) is 4.15. The maximum atomic E-state index is 11.7. The zero-order valence-corrected chi connectivity index (χ0v) is 11.0. The van der Waals surface area contributed by atoms with Crippen LogP contribution in [0.5, 0.6) is 5.75 Å². The molecule has 1 aliphatic heterocycles. The van der Waals surface area contributed by atoms with Crippen LogP contribution in [0.25, 0.3) is 0 Å². The highest BCUT2D eigenvalue weighted by Crippen LogP contribution is 2.27. The van der Waals surface area contributed by atoms with Gasteiger partial charge in [-0.15, -0.1) is 6.58 Å². The van der Waals surface area contributed by atoms with E-state index in [2.05, 4.69) is 13.2 Å². The molecule has 0 aromatic heterocycles. The molecule has 4 nitrogen and oxygen atoms in total. The van der Waals surface area contributed by atoms with Crippen LogP contribution in [0.4, 0.5) is 5.69 Å². The number of carbonyl (C=O) groups excluding carboxylic acids is 2. The Morgan fingerprint density at radius 3 is 2.40 bits per heavy atom. The van der Waals surface area contributed by atoms with Gasteiger partial charge in [0.05, 0.1) is 5.69 Å². The third-order valence-corrected chi connectivity index (χ3v) is 2.83. The minimum absolute atomic E-state index is 0.334. The first-order valence-corrected chi connectivity index (χ1v) is 6.21. The van der Waals surface area contributed by atoms with Crippen LogP contribution >= 0.6 is 0 Å². The van der Waals surface area contributed by atoms with E-state index in [1.54, 1.807) is 30.4 Å². The molecule has 0 aliphatic carbocycles. The SMILES string of the molecule is C=CCOc1ccc(N2C(=O)C=CC2=O)cc1CC=C. The highest BCUT2D eigenvalue weighted by molar-refractivity contribution is 6.28. The van der Waals surface area contributed by atoms with Crippen LogP contribution in [0, 0.1) is 0 Å². The monoisotopic (exact) mass is 269 g/mol. The summed E-state index contributed by atoms with van der Waals surface area (Å²) in [5.74, 6) is 0.0271. The number of amides is 2. The van der Waals surface area contributed by atoms with E-state index < -0.39 is 0 Å². The molecule has 2 rings (SSSR count). The maximum Gasteiger partial charge on any atom is 0.258 e. The summed E-state index contributed by atoms with van der Waals surface area (Å²) < 4.78 is 5.54. The molecule has 1 aromatic rings. The number of rotatable bonds is 6. The van der Waals surface area contributed by atoms with E-state index in [9.17, 15) is 9.59 Å². The summed E-state index contributed by atoms with van der Waals surface area (Å²) in [6.45, 7) is 7.70. The first-order chi connectivity index (χ1) is 9.67. The molecule has 0 unspecified atom stereocenters. The molecule has 0 bridgehead atoms. The van der Waals surface area contributed by atoms with Crippen molar-refractivity contribution in [2.45, 2.75) is 6.42 Å². The molecule has 0 atom stereocenters. The number of benzene rings is 1. The van der Waals surface area contributed by atoms with Crippen molar-refractivity contribution >= 4 is 17.5 Å². The number of hydrogen-bond donors (Lipinski definition) is 0. The fourth-order valence-corrected chi connectivity index (χ4v) is 1.96. The minimum Gasteiger partial charge on any atom is -0.489 e. The molecule has 0 spiro atoms. The van der Waals surface area contributed by atoms with Crippen LogP contribution in [-0.4, -0.2) is 18.4 Å². The first kappa shape index (κ1) is 13.8. The lowest BCUT2D eigenvalue weighted by Gasteiger charge is -2.17. The quantitative estimate of drug-likeness (QED) is 0.588. The Hall–Kier alpha value is -2.62. The third-order valence-electron chi connectivity index (χ3n) is 2.83. The standard InChI is InChI=1S/C16H15NO3/c1-3-5-12-11-13(6-7-14(12)20-10-4-2)17-15(18)8-9-16(17)19/h3-4,6-9,11H,1-2,5,10H2. The van der Waals surface area contributed by atoms with Crippen LogP contribution in [0.15, 0.2) is 55.7 Å². The van der Waals surface area contributed by atoms with Gasteiger partial charge in [-0.25, -0.2) is 4.90 Å². The van der Waals surface area contributed by atoms with Crippen molar-refractivity contribution in [3.05, 3.63) is 61.2 Å². The Bertz CT molecular complexity index is 584. The first-order valence-electron chi connectivity index (χ1n) is 6.21. The molecule has 0 radical (unpaired) electrons. The Morgan fingerprint density at radius 1 is 1.10 bits per heavy atom. The van der Waals surface area contributed by atoms with E-state index in [0.29, 0.717) is 24.5 Å². The molecule has 2 amide bonds. The van der Waals surface area contributed by atoms with Crippen molar-refractivity contribution in [3.63, 3.8) is 0 Å². The molecule has 0 fully saturated rings. The lowest BCUT2D eigenvalue weighted by atomic mass is 10.1. The fourth-order valence-electron chi connectivity index (χ4n) is 1.96. The summed E-state index contributed by atoms with van der Waals surface area (Å²) in [5.41, 5.74) is 1.40. The molecule has 1 aliphatic rings. The van der Waals surface area contributed by atoms with E-state index in [0.717, 1.165) is 10.5 Å². The number of hydrogen-bond acceptors (Lipinski definition) is 3. The fraction of sp³-hybridized carbons (Fsp3) is 0.125. The van der Waals surface area contributed by atoms with Crippen LogP contribution in [0.1, 0.15) is 5.56 Å². The number of ether oxygens (including phenoxy) is 1. The van der Waals surface area contributed by atoms with Gasteiger partial charge in [0.1, 0.15) is 12.4 Å². The normalized spacial score (nSPS) is 13.7. The highest BCUT2D eigenvalue weighted by atomic mass is 16.5. The summed E-state index contributed by atoms with van der Waals surface area (Å²) in [4.78, 5) is 24.5. The average Bonchev–Trinajstić information content (AvgIpc) is 2.77. The molecule has 1 aromatic carbocycles.